The number of morpholine rings is 1. The van der Waals surface area contributed by atoms with E-state index in [2.05, 4.69) is 15.1 Å². The highest BCUT2D eigenvalue weighted by molar-refractivity contribution is 8.00. The predicted molar refractivity (Wildman–Crippen MR) is 111 cm³/mol. The van der Waals surface area contributed by atoms with Crippen molar-refractivity contribution in [3.63, 3.8) is 0 Å². The lowest BCUT2D eigenvalue weighted by atomic mass is 10.3. The summed E-state index contributed by atoms with van der Waals surface area (Å²) in [5, 5.41) is 10.00. The Bertz CT molecular complexity index is 833. The summed E-state index contributed by atoms with van der Waals surface area (Å²) >= 11 is 7.68. The van der Waals surface area contributed by atoms with Crippen LogP contribution in [-0.4, -0.2) is 70.2 Å². The SMILES string of the molecule is CC(Sc1nnc(N2CCCC2)n1-c1cccc(Cl)c1)C(=O)N1CCOCC1. The molecule has 0 N–H and O–H groups in total. The standard InChI is InChI=1S/C19H24ClN5O2S/c1-14(17(26)23-9-11-27-12-10-23)28-19-22-21-18(24-7-2-3-8-24)25(19)16-6-4-5-15(20)13-16/h4-6,13-14H,2-3,7-12H2,1H3. The molecule has 1 amide bonds. The molecule has 150 valence electrons. The predicted octanol–water partition coefficient (Wildman–Crippen LogP) is 2.86. The maximum atomic E-state index is 12.8. The van der Waals surface area contributed by atoms with Crippen LogP contribution < -0.4 is 4.90 Å². The van der Waals surface area contributed by atoms with Crippen molar-refractivity contribution < 1.29 is 9.53 Å². The van der Waals surface area contributed by atoms with E-state index in [0.29, 0.717) is 36.5 Å². The first kappa shape index (κ1) is 19.5. The number of hydrogen-bond acceptors (Lipinski definition) is 6. The zero-order valence-corrected chi connectivity index (χ0v) is 17.5. The van der Waals surface area contributed by atoms with Gasteiger partial charge in [-0.15, -0.1) is 10.2 Å². The van der Waals surface area contributed by atoms with Crippen LogP contribution in [0.1, 0.15) is 19.8 Å². The second-order valence-corrected chi connectivity index (χ2v) is 8.73. The number of rotatable bonds is 5. The summed E-state index contributed by atoms with van der Waals surface area (Å²) in [6, 6.07) is 7.67. The third kappa shape index (κ3) is 4.14. The van der Waals surface area contributed by atoms with Gasteiger partial charge in [-0.1, -0.05) is 29.4 Å². The van der Waals surface area contributed by atoms with Crippen molar-refractivity contribution in [2.24, 2.45) is 0 Å². The number of aromatic nitrogens is 3. The van der Waals surface area contributed by atoms with Crippen molar-refractivity contribution in [1.82, 2.24) is 19.7 Å². The lowest BCUT2D eigenvalue weighted by Gasteiger charge is -2.29. The van der Waals surface area contributed by atoms with Gasteiger partial charge in [-0.3, -0.25) is 9.36 Å². The quantitative estimate of drug-likeness (QED) is 0.692. The van der Waals surface area contributed by atoms with Crippen LogP contribution in [0.25, 0.3) is 5.69 Å². The van der Waals surface area contributed by atoms with Gasteiger partial charge in [0.1, 0.15) is 0 Å². The molecule has 1 atom stereocenters. The summed E-state index contributed by atoms with van der Waals surface area (Å²) in [4.78, 5) is 16.9. The molecule has 7 nitrogen and oxygen atoms in total. The molecule has 2 fully saturated rings. The maximum Gasteiger partial charge on any atom is 0.236 e. The van der Waals surface area contributed by atoms with Gasteiger partial charge in [-0.2, -0.15) is 0 Å². The van der Waals surface area contributed by atoms with Crippen LogP contribution in [-0.2, 0) is 9.53 Å². The molecule has 4 rings (SSSR count). The molecule has 1 aromatic heterocycles. The summed E-state index contributed by atoms with van der Waals surface area (Å²) < 4.78 is 7.37. The number of halogens is 1. The van der Waals surface area contributed by atoms with E-state index < -0.39 is 0 Å². The largest absolute Gasteiger partial charge is 0.378 e. The van der Waals surface area contributed by atoms with Gasteiger partial charge in [-0.05, 0) is 38.0 Å². The number of hydrogen-bond donors (Lipinski definition) is 0. The van der Waals surface area contributed by atoms with Crippen LogP contribution in [0.4, 0.5) is 5.95 Å². The Morgan fingerprint density at radius 3 is 2.64 bits per heavy atom. The molecule has 2 aliphatic heterocycles. The van der Waals surface area contributed by atoms with Gasteiger partial charge < -0.3 is 14.5 Å². The number of carbonyl (C=O) groups is 1. The Hall–Kier alpha value is -1.77. The Morgan fingerprint density at radius 1 is 1.18 bits per heavy atom. The number of carbonyl (C=O) groups excluding carboxylic acids is 1. The Balaban J connectivity index is 1.62. The van der Waals surface area contributed by atoms with Crippen LogP contribution in [0.3, 0.4) is 0 Å². The molecule has 0 saturated carbocycles. The average Bonchev–Trinajstić information content (AvgIpc) is 3.37. The van der Waals surface area contributed by atoms with Gasteiger partial charge >= 0.3 is 0 Å². The minimum absolute atomic E-state index is 0.108. The number of amides is 1. The van der Waals surface area contributed by atoms with Crippen molar-refractivity contribution in [2.45, 2.75) is 30.2 Å². The summed E-state index contributed by atoms with van der Waals surface area (Å²) in [6.07, 6.45) is 2.30. The van der Waals surface area contributed by atoms with Gasteiger partial charge in [0.2, 0.25) is 11.9 Å². The zero-order chi connectivity index (χ0) is 19.5. The average molecular weight is 422 g/mol. The third-order valence-electron chi connectivity index (χ3n) is 5.02. The fourth-order valence-corrected chi connectivity index (χ4v) is 4.68. The maximum absolute atomic E-state index is 12.8. The van der Waals surface area contributed by atoms with Gasteiger partial charge in [0.05, 0.1) is 24.2 Å². The zero-order valence-electron chi connectivity index (χ0n) is 15.9. The van der Waals surface area contributed by atoms with E-state index in [1.54, 1.807) is 0 Å². The molecule has 2 aliphatic rings. The van der Waals surface area contributed by atoms with E-state index in [1.807, 2.05) is 40.7 Å². The first-order chi connectivity index (χ1) is 13.6. The molecule has 28 heavy (non-hydrogen) atoms. The van der Waals surface area contributed by atoms with Crippen LogP contribution in [0, 0.1) is 0 Å². The van der Waals surface area contributed by atoms with Crippen molar-refractivity contribution in [2.75, 3.05) is 44.3 Å². The smallest absolute Gasteiger partial charge is 0.236 e. The molecule has 0 bridgehead atoms. The minimum Gasteiger partial charge on any atom is -0.378 e. The highest BCUT2D eigenvalue weighted by Gasteiger charge is 2.28. The van der Waals surface area contributed by atoms with Crippen LogP contribution in [0.15, 0.2) is 29.4 Å². The minimum atomic E-state index is -0.258. The molecule has 1 unspecified atom stereocenters. The van der Waals surface area contributed by atoms with E-state index in [4.69, 9.17) is 16.3 Å². The summed E-state index contributed by atoms with van der Waals surface area (Å²) in [6.45, 7) is 6.33. The molecule has 3 heterocycles. The van der Waals surface area contributed by atoms with Crippen molar-refractivity contribution in [3.8, 4) is 5.69 Å². The van der Waals surface area contributed by atoms with E-state index in [-0.39, 0.29) is 11.2 Å². The number of ether oxygens (including phenoxy) is 1. The van der Waals surface area contributed by atoms with Gasteiger partial charge in [0.15, 0.2) is 5.16 Å². The van der Waals surface area contributed by atoms with Gasteiger partial charge in [-0.25, -0.2) is 0 Å². The van der Waals surface area contributed by atoms with Crippen molar-refractivity contribution in [3.05, 3.63) is 29.3 Å². The Labute approximate surface area is 174 Å². The topological polar surface area (TPSA) is 63.5 Å². The second kappa shape index (κ2) is 8.71. The van der Waals surface area contributed by atoms with Crippen LogP contribution >= 0.6 is 23.4 Å². The second-order valence-electron chi connectivity index (χ2n) is 6.99. The van der Waals surface area contributed by atoms with Crippen LogP contribution in [0.5, 0.6) is 0 Å². The molecule has 1 aromatic carbocycles. The third-order valence-corrected chi connectivity index (χ3v) is 6.29. The highest BCUT2D eigenvalue weighted by Crippen LogP contribution is 2.32. The molecule has 9 heteroatoms. The lowest BCUT2D eigenvalue weighted by molar-refractivity contribution is -0.134. The summed E-state index contributed by atoms with van der Waals surface area (Å²) in [7, 11) is 0. The molecular formula is C19H24ClN5O2S. The number of nitrogens with zero attached hydrogens (tertiary/aromatic N) is 5. The van der Waals surface area contributed by atoms with E-state index >= 15 is 0 Å². The Kier molecular flexibility index (Phi) is 6.08. The highest BCUT2D eigenvalue weighted by atomic mass is 35.5. The van der Waals surface area contributed by atoms with Gasteiger partial charge in [0.25, 0.3) is 0 Å². The van der Waals surface area contributed by atoms with Crippen molar-refractivity contribution >= 4 is 35.2 Å². The molecule has 0 radical (unpaired) electrons. The van der Waals surface area contributed by atoms with Crippen LogP contribution in [0.2, 0.25) is 5.02 Å². The molecule has 2 aromatic rings. The number of anilines is 1. The normalized spacial score (nSPS) is 18.5. The number of benzene rings is 1. The summed E-state index contributed by atoms with van der Waals surface area (Å²) in [5.74, 6) is 0.921. The van der Waals surface area contributed by atoms with Crippen molar-refractivity contribution in [1.29, 1.82) is 0 Å². The first-order valence-corrected chi connectivity index (χ1v) is 10.9. The molecule has 2 saturated heterocycles. The summed E-state index contributed by atoms with van der Waals surface area (Å²) in [5.41, 5.74) is 0.910. The molecule has 0 aliphatic carbocycles. The number of thioether (sulfide) groups is 1. The molecular weight excluding hydrogens is 398 g/mol. The monoisotopic (exact) mass is 421 g/mol. The Morgan fingerprint density at radius 2 is 1.93 bits per heavy atom. The molecule has 0 spiro atoms. The first-order valence-electron chi connectivity index (χ1n) is 9.63. The van der Waals surface area contributed by atoms with Gasteiger partial charge in [0, 0.05) is 31.2 Å². The lowest BCUT2D eigenvalue weighted by Crippen LogP contribution is -2.44. The fraction of sp³-hybridized carbons (Fsp3) is 0.526. The van der Waals surface area contributed by atoms with E-state index in [0.717, 1.165) is 37.6 Å². The fourth-order valence-electron chi connectivity index (χ4n) is 3.55. The van der Waals surface area contributed by atoms with E-state index in [1.165, 1.54) is 11.8 Å². The van der Waals surface area contributed by atoms with E-state index in [9.17, 15) is 4.79 Å².